The predicted molar refractivity (Wildman–Crippen MR) is 119 cm³/mol. The molecule has 176 valence electrons. The van der Waals surface area contributed by atoms with Crippen molar-refractivity contribution in [3.8, 4) is 0 Å². The lowest BCUT2D eigenvalue weighted by Crippen LogP contribution is -2.44. The lowest BCUT2D eigenvalue weighted by atomic mass is 9.69. The number of carboxylic acid groups (broad SMARTS) is 2. The number of ether oxygens (including phenoxy) is 1. The number of carboxylic acids is 2. The smallest absolute Gasteiger partial charge is 0.318 e. The van der Waals surface area contributed by atoms with Crippen molar-refractivity contribution >= 4 is 23.9 Å². The molecule has 8 atom stereocenters. The van der Waals surface area contributed by atoms with Crippen molar-refractivity contribution < 1.29 is 34.1 Å². The fourth-order valence-electron chi connectivity index (χ4n) is 7.19. The van der Waals surface area contributed by atoms with Crippen LogP contribution >= 0.6 is 0 Å². The van der Waals surface area contributed by atoms with Crippen LogP contribution in [0.15, 0.2) is 48.6 Å². The van der Waals surface area contributed by atoms with Crippen LogP contribution in [0.1, 0.15) is 39.5 Å². The molecular weight excluding hydrogens is 424 g/mol. The zero-order valence-corrected chi connectivity index (χ0v) is 19.0. The van der Waals surface area contributed by atoms with Gasteiger partial charge in [-0.3, -0.25) is 19.2 Å². The Morgan fingerprint density at radius 1 is 0.818 bits per heavy atom. The summed E-state index contributed by atoms with van der Waals surface area (Å²) in [5.41, 5.74) is 0.0975. The first-order chi connectivity index (χ1) is 15.4. The van der Waals surface area contributed by atoms with Crippen molar-refractivity contribution in [2.24, 2.45) is 46.3 Å². The number of allylic oxidation sites excluding steroid dienone is 6. The lowest BCUT2D eigenvalue weighted by molar-refractivity contribution is -0.175. The van der Waals surface area contributed by atoms with Gasteiger partial charge in [-0.05, 0) is 51.4 Å². The van der Waals surface area contributed by atoms with Gasteiger partial charge < -0.3 is 14.9 Å². The van der Waals surface area contributed by atoms with Crippen molar-refractivity contribution in [1.29, 1.82) is 0 Å². The summed E-state index contributed by atoms with van der Waals surface area (Å²) in [5.74, 6) is -8.66. The summed E-state index contributed by atoms with van der Waals surface area (Å²) in [6.45, 7) is 11.5. The lowest BCUT2D eigenvalue weighted by Gasteiger charge is -2.35. The molecule has 0 aromatic carbocycles. The summed E-state index contributed by atoms with van der Waals surface area (Å²) in [6, 6.07) is 0. The molecule has 0 radical (unpaired) electrons. The standard InChI is InChI=1S/C26H30O7/c1-13(2)9-25-7-5-15(11-25)17(21(27)28)19(25)23(31)33-24(32)20-18(22(29)30)16-6-8-26(20,12-16)10-14(3)4/h5-8,15-20H,1,3,9-12H2,2,4H3,(H,27,28)(H,29,30). The van der Waals surface area contributed by atoms with E-state index >= 15 is 0 Å². The minimum atomic E-state index is -1.10. The molecule has 7 nitrogen and oxygen atoms in total. The minimum Gasteiger partial charge on any atom is -0.481 e. The van der Waals surface area contributed by atoms with Gasteiger partial charge in [0.15, 0.2) is 0 Å². The predicted octanol–water partition coefficient (Wildman–Crippen LogP) is 3.77. The second-order valence-corrected chi connectivity index (χ2v) is 10.6. The third kappa shape index (κ3) is 3.58. The van der Waals surface area contributed by atoms with Gasteiger partial charge in [-0.15, -0.1) is 13.2 Å². The van der Waals surface area contributed by atoms with E-state index in [0.717, 1.165) is 11.1 Å². The van der Waals surface area contributed by atoms with Gasteiger partial charge in [-0.1, -0.05) is 35.5 Å². The van der Waals surface area contributed by atoms with Crippen LogP contribution < -0.4 is 0 Å². The molecule has 4 bridgehead atoms. The quantitative estimate of drug-likeness (QED) is 0.326. The van der Waals surface area contributed by atoms with E-state index in [1.807, 2.05) is 38.2 Å². The SMILES string of the molecule is C=C(C)CC12C=CC(C1)C(C(=O)O)C2C(=O)OC(=O)C1C(C(=O)O)C2C=CC1(CC(=C)C)C2. The molecule has 2 fully saturated rings. The summed E-state index contributed by atoms with van der Waals surface area (Å²) in [4.78, 5) is 50.8. The Hall–Kier alpha value is -2.96. The van der Waals surface area contributed by atoms with Crippen LogP contribution in [0, 0.1) is 46.3 Å². The molecule has 0 spiro atoms. The molecule has 4 rings (SSSR count). The average molecular weight is 455 g/mol. The molecule has 0 saturated heterocycles. The number of rotatable bonds is 8. The summed E-state index contributed by atoms with van der Waals surface area (Å²) >= 11 is 0. The van der Waals surface area contributed by atoms with Crippen LogP contribution in [0.5, 0.6) is 0 Å². The molecule has 4 aliphatic rings. The first-order valence-corrected chi connectivity index (χ1v) is 11.3. The Bertz CT molecular complexity index is 940. The Morgan fingerprint density at radius 2 is 1.18 bits per heavy atom. The van der Waals surface area contributed by atoms with Crippen LogP contribution in [0.3, 0.4) is 0 Å². The Balaban J connectivity index is 1.63. The van der Waals surface area contributed by atoms with Crippen LogP contribution in [-0.4, -0.2) is 34.1 Å². The number of hydrogen-bond acceptors (Lipinski definition) is 5. The fraction of sp³-hybridized carbons (Fsp3) is 0.538. The molecule has 2 saturated carbocycles. The van der Waals surface area contributed by atoms with Crippen molar-refractivity contribution in [1.82, 2.24) is 0 Å². The third-order valence-electron chi connectivity index (χ3n) is 8.00. The van der Waals surface area contributed by atoms with Crippen LogP contribution in [0.2, 0.25) is 0 Å². The monoisotopic (exact) mass is 454 g/mol. The fourth-order valence-corrected chi connectivity index (χ4v) is 7.19. The summed E-state index contributed by atoms with van der Waals surface area (Å²) in [5, 5.41) is 19.7. The Labute approximate surface area is 192 Å². The number of aliphatic carboxylic acids is 2. The molecular formula is C26H30O7. The highest BCUT2D eigenvalue weighted by Crippen LogP contribution is 2.61. The van der Waals surface area contributed by atoms with Crippen LogP contribution in [-0.2, 0) is 23.9 Å². The normalized spacial score (nSPS) is 39.6. The van der Waals surface area contributed by atoms with E-state index in [1.54, 1.807) is 0 Å². The number of fused-ring (bicyclic) bond motifs is 4. The van der Waals surface area contributed by atoms with Gasteiger partial charge in [0.05, 0.1) is 23.7 Å². The largest absolute Gasteiger partial charge is 0.481 e. The topological polar surface area (TPSA) is 118 Å². The molecule has 0 aliphatic heterocycles. The van der Waals surface area contributed by atoms with E-state index in [-0.39, 0.29) is 11.8 Å². The number of carbonyl (C=O) groups excluding carboxylic acids is 2. The molecule has 0 aromatic rings. The van der Waals surface area contributed by atoms with Gasteiger partial charge in [0.2, 0.25) is 0 Å². The number of hydrogen-bond donors (Lipinski definition) is 2. The van der Waals surface area contributed by atoms with E-state index in [1.165, 1.54) is 0 Å². The number of carbonyl (C=O) groups is 4. The third-order valence-corrected chi connectivity index (χ3v) is 8.00. The maximum atomic E-state index is 13.4. The highest BCUT2D eigenvalue weighted by molar-refractivity contribution is 5.94. The van der Waals surface area contributed by atoms with Gasteiger partial charge in [0, 0.05) is 10.8 Å². The van der Waals surface area contributed by atoms with Crippen molar-refractivity contribution in [3.63, 3.8) is 0 Å². The van der Waals surface area contributed by atoms with E-state index in [0.29, 0.717) is 25.7 Å². The second-order valence-electron chi connectivity index (χ2n) is 10.6. The Morgan fingerprint density at radius 3 is 1.48 bits per heavy atom. The second kappa shape index (κ2) is 7.82. The van der Waals surface area contributed by atoms with Gasteiger partial charge in [0.1, 0.15) is 0 Å². The van der Waals surface area contributed by atoms with Gasteiger partial charge in [0.25, 0.3) is 0 Å². The summed E-state index contributed by atoms with van der Waals surface area (Å²) in [7, 11) is 0. The zero-order chi connectivity index (χ0) is 24.3. The average Bonchev–Trinajstić information content (AvgIpc) is 3.41. The molecule has 0 aromatic heterocycles. The Kier molecular flexibility index (Phi) is 5.50. The van der Waals surface area contributed by atoms with E-state index in [4.69, 9.17) is 4.74 Å². The molecule has 7 heteroatoms. The van der Waals surface area contributed by atoms with Gasteiger partial charge >= 0.3 is 23.9 Å². The first-order valence-electron chi connectivity index (χ1n) is 11.3. The molecule has 33 heavy (non-hydrogen) atoms. The van der Waals surface area contributed by atoms with Gasteiger partial charge in [-0.25, -0.2) is 0 Å². The molecule has 2 N–H and O–H groups in total. The first kappa shape index (κ1) is 23.2. The highest BCUT2D eigenvalue weighted by atomic mass is 16.6. The van der Waals surface area contributed by atoms with E-state index in [2.05, 4.69) is 13.2 Å². The van der Waals surface area contributed by atoms with Crippen molar-refractivity contribution in [2.75, 3.05) is 0 Å². The molecule has 8 unspecified atom stereocenters. The number of esters is 2. The van der Waals surface area contributed by atoms with Crippen LogP contribution in [0.25, 0.3) is 0 Å². The summed E-state index contributed by atoms with van der Waals surface area (Å²) < 4.78 is 5.37. The zero-order valence-electron chi connectivity index (χ0n) is 19.0. The molecule has 0 amide bonds. The molecule has 4 aliphatic carbocycles. The van der Waals surface area contributed by atoms with E-state index in [9.17, 15) is 29.4 Å². The van der Waals surface area contributed by atoms with Crippen molar-refractivity contribution in [2.45, 2.75) is 39.5 Å². The van der Waals surface area contributed by atoms with Crippen molar-refractivity contribution in [3.05, 3.63) is 48.6 Å². The van der Waals surface area contributed by atoms with Gasteiger partial charge in [-0.2, -0.15) is 0 Å². The summed E-state index contributed by atoms with van der Waals surface area (Å²) in [6.07, 6.45) is 9.20. The maximum absolute atomic E-state index is 13.4. The molecule has 0 heterocycles. The van der Waals surface area contributed by atoms with E-state index < -0.39 is 58.4 Å². The highest BCUT2D eigenvalue weighted by Gasteiger charge is 2.64. The minimum absolute atomic E-state index is 0.318. The van der Waals surface area contributed by atoms with Crippen LogP contribution in [0.4, 0.5) is 0 Å². The maximum Gasteiger partial charge on any atom is 0.318 e.